The summed E-state index contributed by atoms with van der Waals surface area (Å²) in [4.78, 5) is 5.15. The van der Waals surface area contributed by atoms with Crippen LogP contribution in [-0.4, -0.2) is 6.71 Å². The van der Waals surface area contributed by atoms with Gasteiger partial charge in [-0.05, 0) is 109 Å². The highest BCUT2D eigenvalue weighted by molar-refractivity contribution is 7.00. The minimum Gasteiger partial charge on any atom is -0.455 e. The molecule has 12 rings (SSSR count). The van der Waals surface area contributed by atoms with Crippen molar-refractivity contribution in [1.29, 1.82) is 0 Å². The summed E-state index contributed by atoms with van der Waals surface area (Å²) in [7, 11) is 0. The summed E-state index contributed by atoms with van der Waals surface area (Å²) >= 11 is 0. The normalized spacial score (nSPS) is 13.2. The first-order chi connectivity index (χ1) is 32.0. The monoisotopic (exact) mass is 850 g/mol. The molecule has 4 heteroatoms. The van der Waals surface area contributed by atoms with Crippen molar-refractivity contribution in [2.45, 2.75) is 52.4 Å². The molecule has 0 N–H and O–H groups in total. The standard InChI is InChI=1S/C62H51BN2O/c1-61(2,3)44-32-34-52-55(37-44)65(53-29-15-13-25-47(53)41-21-11-8-12-22-41)57-39-45(62(4,5)6)38-56-59(57)63(52)51-33-31-42(40-19-9-7-10-20-40)36-54(51)64(56)46-24-17-23-43(35-46)48-27-18-28-50-49-26-14-16-30-58(49)66-60(48)50/h7-39H,1-6H3. The molecule has 0 spiro atoms. The van der Waals surface area contributed by atoms with Crippen molar-refractivity contribution >= 4 is 79.2 Å². The van der Waals surface area contributed by atoms with Gasteiger partial charge in [-0.25, -0.2) is 0 Å². The van der Waals surface area contributed by atoms with E-state index in [1.54, 1.807) is 0 Å². The third-order valence-electron chi connectivity index (χ3n) is 14.0. The number of hydrogen-bond donors (Lipinski definition) is 0. The maximum absolute atomic E-state index is 6.64. The number of furan rings is 1. The Balaban J connectivity index is 1.17. The molecule has 0 saturated carbocycles. The number of anilines is 6. The van der Waals surface area contributed by atoms with Gasteiger partial charge in [0, 0.05) is 50.3 Å². The third-order valence-corrected chi connectivity index (χ3v) is 14.0. The van der Waals surface area contributed by atoms with Crippen LogP contribution in [-0.2, 0) is 10.8 Å². The van der Waals surface area contributed by atoms with Crippen LogP contribution in [0.1, 0.15) is 52.7 Å². The molecule has 66 heavy (non-hydrogen) atoms. The lowest BCUT2D eigenvalue weighted by Gasteiger charge is -2.46. The van der Waals surface area contributed by atoms with Gasteiger partial charge in [0.2, 0.25) is 0 Å². The molecule has 0 amide bonds. The first-order valence-electron chi connectivity index (χ1n) is 23.3. The van der Waals surface area contributed by atoms with Crippen LogP contribution in [0.5, 0.6) is 0 Å². The van der Waals surface area contributed by atoms with Crippen molar-refractivity contribution in [1.82, 2.24) is 0 Å². The molecule has 3 heterocycles. The summed E-state index contributed by atoms with van der Waals surface area (Å²) in [5.41, 5.74) is 22.2. The molecular weight excluding hydrogens is 800 g/mol. The molecular formula is C62H51BN2O. The SMILES string of the molecule is CC(C)(C)c1ccc2c(c1)N(c1ccccc1-c1ccccc1)c1cc(C(C)(C)C)cc3c1B2c1ccc(-c2ccccc2)cc1N3c1cccc(-c2cccc3c2oc2ccccc23)c1. The number of benzene rings is 9. The average molecular weight is 851 g/mol. The first-order valence-corrected chi connectivity index (χ1v) is 23.3. The fourth-order valence-electron chi connectivity index (χ4n) is 10.6. The van der Waals surface area contributed by atoms with Crippen molar-refractivity contribution < 1.29 is 4.42 Å². The van der Waals surface area contributed by atoms with E-state index in [1.165, 1.54) is 78.2 Å². The number of rotatable bonds is 5. The summed E-state index contributed by atoms with van der Waals surface area (Å²) in [6.07, 6.45) is 0. The highest BCUT2D eigenvalue weighted by atomic mass is 16.3. The summed E-state index contributed by atoms with van der Waals surface area (Å²) in [5.74, 6) is 0. The predicted octanol–water partition coefficient (Wildman–Crippen LogP) is 15.3. The Bertz CT molecular complexity index is 3520. The second-order valence-electron chi connectivity index (χ2n) is 20.2. The molecule has 0 unspecified atom stereocenters. The molecule has 2 aliphatic heterocycles. The summed E-state index contributed by atoms with van der Waals surface area (Å²) in [5, 5.41) is 2.26. The van der Waals surface area contributed by atoms with E-state index in [0.717, 1.165) is 38.8 Å². The Kier molecular flexibility index (Phi) is 9.09. The van der Waals surface area contributed by atoms with Crippen molar-refractivity contribution in [2.75, 3.05) is 9.80 Å². The second kappa shape index (κ2) is 15.0. The molecule has 10 aromatic rings. The van der Waals surface area contributed by atoms with Crippen LogP contribution in [0.15, 0.2) is 205 Å². The fourth-order valence-corrected chi connectivity index (χ4v) is 10.6. The average Bonchev–Trinajstić information content (AvgIpc) is 3.72. The van der Waals surface area contributed by atoms with Gasteiger partial charge in [-0.15, -0.1) is 0 Å². The van der Waals surface area contributed by atoms with Crippen LogP contribution in [0.3, 0.4) is 0 Å². The summed E-state index contributed by atoms with van der Waals surface area (Å²) in [6.45, 7) is 14.0. The van der Waals surface area contributed by atoms with Crippen LogP contribution in [0, 0.1) is 0 Å². The van der Waals surface area contributed by atoms with E-state index >= 15 is 0 Å². The lowest BCUT2D eigenvalue weighted by atomic mass is 9.33. The van der Waals surface area contributed by atoms with Gasteiger partial charge in [-0.1, -0.05) is 193 Å². The quantitative estimate of drug-likeness (QED) is 0.161. The van der Waals surface area contributed by atoms with Crippen molar-refractivity contribution in [3.05, 3.63) is 211 Å². The maximum Gasteiger partial charge on any atom is 0.252 e. The molecule has 9 aromatic carbocycles. The molecule has 0 bridgehead atoms. The van der Waals surface area contributed by atoms with Crippen molar-refractivity contribution in [3.63, 3.8) is 0 Å². The highest BCUT2D eigenvalue weighted by Gasteiger charge is 2.45. The Morgan fingerprint density at radius 1 is 0.379 bits per heavy atom. The van der Waals surface area contributed by atoms with Gasteiger partial charge in [0.15, 0.2) is 0 Å². The summed E-state index contributed by atoms with van der Waals surface area (Å²) < 4.78 is 6.64. The van der Waals surface area contributed by atoms with E-state index in [1.807, 2.05) is 6.07 Å². The van der Waals surface area contributed by atoms with Crippen molar-refractivity contribution in [2.24, 2.45) is 0 Å². The van der Waals surface area contributed by atoms with Gasteiger partial charge in [0.1, 0.15) is 11.2 Å². The maximum atomic E-state index is 6.64. The van der Waals surface area contributed by atoms with Crippen LogP contribution in [0.25, 0.3) is 55.3 Å². The van der Waals surface area contributed by atoms with Gasteiger partial charge in [-0.2, -0.15) is 0 Å². The first kappa shape index (κ1) is 40.0. The zero-order valence-electron chi connectivity index (χ0n) is 38.4. The zero-order chi connectivity index (χ0) is 44.9. The Labute approximate surface area is 388 Å². The third kappa shape index (κ3) is 6.42. The van der Waals surface area contributed by atoms with Crippen LogP contribution >= 0.6 is 0 Å². The van der Waals surface area contributed by atoms with Gasteiger partial charge >= 0.3 is 0 Å². The van der Waals surface area contributed by atoms with Gasteiger partial charge in [0.25, 0.3) is 6.71 Å². The molecule has 0 aliphatic carbocycles. The topological polar surface area (TPSA) is 19.6 Å². The van der Waals surface area contributed by atoms with Gasteiger partial charge in [-0.3, -0.25) is 0 Å². The highest BCUT2D eigenvalue weighted by Crippen LogP contribution is 2.49. The number of hydrogen-bond acceptors (Lipinski definition) is 3. The molecule has 1 aromatic heterocycles. The largest absolute Gasteiger partial charge is 0.455 e. The Morgan fingerprint density at radius 2 is 0.955 bits per heavy atom. The lowest BCUT2D eigenvalue weighted by Crippen LogP contribution is -2.61. The molecule has 0 saturated heterocycles. The zero-order valence-corrected chi connectivity index (χ0v) is 38.4. The number of para-hydroxylation sites is 3. The van der Waals surface area contributed by atoms with Crippen molar-refractivity contribution in [3.8, 4) is 33.4 Å². The molecule has 2 aliphatic rings. The van der Waals surface area contributed by atoms with E-state index in [9.17, 15) is 0 Å². The smallest absolute Gasteiger partial charge is 0.252 e. The lowest BCUT2D eigenvalue weighted by molar-refractivity contribution is 0.590. The van der Waals surface area contributed by atoms with E-state index in [0.29, 0.717) is 0 Å². The minimum atomic E-state index is -0.157. The Morgan fingerprint density at radius 3 is 1.71 bits per heavy atom. The minimum absolute atomic E-state index is 0.0169. The Hall–Kier alpha value is -7.56. The number of nitrogens with zero attached hydrogens (tertiary/aromatic N) is 2. The second-order valence-corrected chi connectivity index (χ2v) is 20.2. The van der Waals surface area contributed by atoms with Gasteiger partial charge in [0.05, 0.1) is 5.69 Å². The molecule has 0 fully saturated rings. The van der Waals surface area contributed by atoms with Gasteiger partial charge < -0.3 is 14.2 Å². The molecule has 0 atom stereocenters. The van der Waals surface area contributed by atoms with E-state index in [-0.39, 0.29) is 17.5 Å². The van der Waals surface area contributed by atoms with Crippen LogP contribution in [0.4, 0.5) is 34.1 Å². The van der Waals surface area contributed by atoms with E-state index in [4.69, 9.17) is 4.42 Å². The molecule has 3 nitrogen and oxygen atoms in total. The van der Waals surface area contributed by atoms with E-state index in [2.05, 4.69) is 245 Å². The molecule has 318 valence electrons. The summed E-state index contributed by atoms with van der Waals surface area (Å²) in [6, 6.07) is 74.1. The predicted molar refractivity (Wildman–Crippen MR) is 281 cm³/mol. The molecule has 0 radical (unpaired) electrons. The van der Waals surface area contributed by atoms with Crippen LogP contribution < -0.4 is 26.2 Å². The fraction of sp³-hybridized carbons (Fsp3) is 0.129. The van der Waals surface area contributed by atoms with Crippen LogP contribution in [0.2, 0.25) is 0 Å². The van der Waals surface area contributed by atoms with E-state index < -0.39 is 0 Å². The number of fused-ring (bicyclic) bond motifs is 7.